The van der Waals surface area contributed by atoms with Crippen LogP contribution < -0.4 is 0 Å². The van der Waals surface area contributed by atoms with Crippen LogP contribution in [0.1, 0.15) is 26.7 Å². The summed E-state index contributed by atoms with van der Waals surface area (Å²) in [6.45, 7) is 3.79. The first-order valence-electron chi connectivity index (χ1n) is 5.54. The molecule has 4 heteroatoms. The van der Waals surface area contributed by atoms with Crippen molar-refractivity contribution in [2.24, 2.45) is 17.3 Å². The molecule has 0 spiro atoms. The van der Waals surface area contributed by atoms with E-state index in [0.717, 1.165) is 12.8 Å². The fourth-order valence-electron chi connectivity index (χ4n) is 2.08. The number of esters is 1. The first-order chi connectivity index (χ1) is 7.43. The van der Waals surface area contributed by atoms with Crippen molar-refractivity contribution in [3.63, 3.8) is 0 Å². The number of hydrogen-bond acceptors (Lipinski definition) is 3. The van der Waals surface area contributed by atoms with E-state index in [1.807, 2.05) is 13.8 Å². The van der Waals surface area contributed by atoms with E-state index in [0.29, 0.717) is 0 Å². The number of rotatable bonds is 4. The smallest absolute Gasteiger partial charge is 0.330 e. The van der Waals surface area contributed by atoms with Gasteiger partial charge in [-0.05, 0) is 24.2 Å². The van der Waals surface area contributed by atoms with Crippen LogP contribution >= 0.6 is 0 Å². The van der Waals surface area contributed by atoms with E-state index in [4.69, 9.17) is 9.84 Å². The first kappa shape index (κ1) is 11.2. The summed E-state index contributed by atoms with van der Waals surface area (Å²) in [5.74, 6) is -1.58. The molecule has 16 heavy (non-hydrogen) atoms. The summed E-state index contributed by atoms with van der Waals surface area (Å²) in [5, 5.41) is 8.93. The SMILES string of the molecule is CC1(C)C(/C=C\C(=O)OC2CC2)C1C(=O)O. The van der Waals surface area contributed by atoms with Crippen molar-refractivity contribution >= 4 is 11.9 Å². The predicted octanol–water partition coefficient (Wildman–Crippen LogP) is 1.60. The fraction of sp³-hybridized carbons (Fsp3) is 0.667. The zero-order valence-corrected chi connectivity index (χ0v) is 9.47. The van der Waals surface area contributed by atoms with Gasteiger partial charge in [-0.15, -0.1) is 0 Å². The van der Waals surface area contributed by atoms with Gasteiger partial charge < -0.3 is 9.84 Å². The second-order valence-corrected chi connectivity index (χ2v) is 5.16. The molecule has 2 fully saturated rings. The van der Waals surface area contributed by atoms with Crippen LogP contribution in [0, 0.1) is 17.3 Å². The summed E-state index contributed by atoms with van der Waals surface area (Å²) >= 11 is 0. The van der Waals surface area contributed by atoms with E-state index in [1.165, 1.54) is 6.08 Å². The standard InChI is InChI=1S/C12H16O4/c1-12(2)8(10(12)11(14)15)5-6-9(13)16-7-3-4-7/h5-8,10H,3-4H2,1-2H3,(H,14,15)/b6-5-. The molecule has 2 saturated carbocycles. The van der Waals surface area contributed by atoms with Gasteiger partial charge in [0.25, 0.3) is 0 Å². The average Bonchev–Trinajstić information content (AvgIpc) is 3.01. The third-order valence-corrected chi connectivity index (χ3v) is 3.42. The fourth-order valence-corrected chi connectivity index (χ4v) is 2.08. The van der Waals surface area contributed by atoms with E-state index in [-0.39, 0.29) is 29.3 Å². The van der Waals surface area contributed by atoms with Gasteiger partial charge in [-0.25, -0.2) is 4.79 Å². The summed E-state index contributed by atoms with van der Waals surface area (Å²) in [4.78, 5) is 22.1. The monoisotopic (exact) mass is 224 g/mol. The highest BCUT2D eigenvalue weighted by Gasteiger charge is 2.60. The van der Waals surface area contributed by atoms with Gasteiger partial charge in [0.2, 0.25) is 0 Å². The minimum atomic E-state index is -0.796. The van der Waals surface area contributed by atoms with Crippen LogP contribution in [0.15, 0.2) is 12.2 Å². The number of ether oxygens (including phenoxy) is 1. The zero-order chi connectivity index (χ0) is 11.9. The summed E-state index contributed by atoms with van der Waals surface area (Å²) in [5.41, 5.74) is -0.248. The highest BCUT2D eigenvalue weighted by Crippen LogP contribution is 2.59. The molecule has 0 aromatic heterocycles. The van der Waals surface area contributed by atoms with Gasteiger partial charge in [-0.1, -0.05) is 19.9 Å². The number of carbonyl (C=O) groups excluding carboxylic acids is 1. The predicted molar refractivity (Wildman–Crippen MR) is 56.7 cm³/mol. The van der Waals surface area contributed by atoms with E-state index in [2.05, 4.69) is 0 Å². The van der Waals surface area contributed by atoms with Crippen LogP contribution in [0.5, 0.6) is 0 Å². The third-order valence-electron chi connectivity index (χ3n) is 3.42. The molecular formula is C12H16O4. The Bertz CT molecular complexity index is 352. The summed E-state index contributed by atoms with van der Waals surface area (Å²) in [6, 6.07) is 0. The lowest BCUT2D eigenvalue weighted by molar-refractivity contribution is -0.140. The molecule has 0 aromatic carbocycles. The number of carboxylic acid groups (broad SMARTS) is 1. The quantitative estimate of drug-likeness (QED) is 0.582. The summed E-state index contributed by atoms with van der Waals surface area (Å²) in [7, 11) is 0. The van der Waals surface area contributed by atoms with Crippen molar-refractivity contribution in [1.82, 2.24) is 0 Å². The molecule has 4 nitrogen and oxygen atoms in total. The maximum absolute atomic E-state index is 11.3. The van der Waals surface area contributed by atoms with Crippen molar-refractivity contribution in [2.75, 3.05) is 0 Å². The van der Waals surface area contributed by atoms with Crippen molar-refractivity contribution < 1.29 is 19.4 Å². The normalized spacial score (nSPS) is 31.4. The molecule has 0 aliphatic heterocycles. The van der Waals surface area contributed by atoms with Gasteiger partial charge in [0.1, 0.15) is 6.10 Å². The number of carboxylic acids is 1. The van der Waals surface area contributed by atoms with Gasteiger partial charge in [0.15, 0.2) is 0 Å². The lowest BCUT2D eigenvalue weighted by Gasteiger charge is -1.97. The lowest BCUT2D eigenvalue weighted by atomic mass is 10.1. The van der Waals surface area contributed by atoms with E-state index in [9.17, 15) is 9.59 Å². The molecule has 2 atom stereocenters. The molecule has 88 valence electrons. The summed E-state index contributed by atoms with van der Waals surface area (Å²) < 4.78 is 5.03. The molecule has 2 aliphatic carbocycles. The molecule has 0 bridgehead atoms. The molecule has 2 unspecified atom stereocenters. The van der Waals surface area contributed by atoms with Gasteiger partial charge in [-0.3, -0.25) is 4.79 Å². The molecule has 0 amide bonds. The minimum absolute atomic E-state index is 0.0586. The molecule has 0 radical (unpaired) electrons. The van der Waals surface area contributed by atoms with Crippen LogP contribution in [0.25, 0.3) is 0 Å². The molecule has 0 aromatic rings. The Kier molecular flexibility index (Phi) is 2.52. The molecule has 2 rings (SSSR count). The minimum Gasteiger partial charge on any atom is -0.481 e. The lowest BCUT2D eigenvalue weighted by Crippen LogP contribution is -2.03. The van der Waals surface area contributed by atoms with E-state index in [1.54, 1.807) is 6.08 Å². The maximum atomic E-state index is 11.3. The van der Waals surface area contributed by atoms with E-state index < -0.39 is 5.97 Å². The molecule has 0 heterocycles. The second-order valence-electron chi connectivity index (χ2n) is 5.16. The largest absolute Gasteiger partial charge is 0.481 e. The number of carbonyl (C=O) groups is 2. The Morgan fingerprint density at radius 2 is 2.00 bits per heavy atom. The van der Waals surface area contributed by atoms with Crippen molar-refractivity contribution in [2.45, 2.75) is 32.8 Å². The van der Waals surface area contributed by atoms with Crippen LogP contribution in [0.3, 0.4) is 0 Å². The Labute approximate surface area is 94.3 Å². The van der Waals surface area contributed by atoms with Crippen molar-refractivity contribution in [1.29, 1.82) is 0 Å². The second kappa shape index (κ2) is 3.61. The zero-order valence-electron chi connectivity index (χ0n) is 9.47. The van der Waals surface area contributed by atoms with Gasteiger partial charge in [0.05, 0.1) is 5.92 Å². The highest BCUT2D eigenvalue weighted by molar-refractivity contribution is 5.83. The van der Waals surface area contributed by atoms with Crippen LogP contribution in [-0.2, 0) is 14.3 Å². The van der Waals surface area contributed by atoms with Gasteiger partial charge >= 0.3 is 11.9 Å². The van der Waals surface area contributed by atoms with Crippen LogP contribution in [0.4, 0.5) is 0 Å². The number of aliphatic carboxylic acids is 1. The molecule has 1 N–H and O–H groups in total. The maximum Gasteiger partial charge on any atom is 0.330 e. The van der Waals surface area contributed by atoms with Gasteiger partial charge in [-0.2, -0.15) is 0 Å². The average molecular weight is 224 g/mol. The molecular weight excluding hydrogens is 208 g/mol. The highest BCUT2D eigenvalue weighted by atomic mass is 16.5. The third kappa shape index (κ3) is 2.10. The van der Waals surface area contributed by atoms with Crippen molar-refractivity contribution in [3.05, 3.63) is 12.2 Å². The topological polar surface area (TPSA) is 63.6 Å². The van der Waals surface area contributed by atoms with Gasteiger partial charge in [0, 0.05) is 6.08 Å². The summed E-state index contributed by atoms with van der Waals surface area (Å²) in [6.07, 6.45) is 5.04. The van der Waals surface area contributed by atoms with Crippen LogP contribution in [0.2, 0.25) is 0 Å². The number of hydrogen-bond donors (Lipinski definition) is 1. The van der Waals surface area contributed by atoms with Crippen LogP contribution in [-0.4, -0.2) is 23.1 Å². The Balaban J connectivity index is 1.87. The first-order valence-corrected chi connectivity index (χ1v) is 5.54. The molecule has 0 saturated heterocycles. The van der Waals surface area contributed by atoms with E-state index >= 15 is 0 Å². The Morgan fingerprint density at radius 1 is 1.38 bits per heavy atom. The Hall–Kier alpha value is -1.32. The number of allylic oxidation sites excluding steroid dienone is 1. The molecule has 2 aliphatic rings. The Morgan fingerprint density at radius 3 is 2.44 bits per heavy atom. The van der Waals surface area contributed by atoms with Crippen molar-refractivity contribution in [3.8, 4) is 0 Å².